The zero-order chi connectivity index (χ0) is 24.6. The number of anilines is 1. The summed E-state index contributed by atoms with van der Waals surface area (Å²) in [6.45, 7) is 0.748. The highest BCUT2D eigenvalue weighted by atomic mass is 32.2. The molecule has 1 aliphatic heterocycles. The first-order valence-electron chi connectivity index (χ1n) is 11.2. The van der Waals surface area contributed by atoms with E-state index in [9.17, 15) is 13.2 Å². The summed E-state index contributed by atoms with van der Waals surface area (Å²) in [6, 6.07) is 14.3. The number of hydroxylamine groups is 1. The summed E-state index contributed by atoms with van der Waals surface area (Å²) in [5, 5.41) is 9.13. The number of unbranched alkanes of at least 4 members (excludes halogenated alkanes) is 1. The second-order valence-corrected chi connectivity index (χ2v) is 10.7. The molecule has 0 radical (unpaired) electrons. The highest BCUT2D eigenvalue weighted by Crippen LogP contribution is 2.35. The lowest BCUT2D eigenvalue weighted by Gasteiger charge is -2.34. The third-order valence-electron chi connectivity index (χ3n) is 5.97. The lowest BCUT2D eigenvalue weighted by molar-refractivity contribution is -0.134. The third-order valence-corrected chi connectivity index (χ3v) is 8.48. The van der Waals surface area contributed by atoms with Crippen LogP contribution >= 0.6 is 0 Å². The van der Waals surface area contributed by atoms with Gasteiger partial charge in [0.05, 0.1) is 11.5 Å². The Hall–Kier alpha value is -2.88. The van der Waals surface area contributed by atoms with Gasteiger partial charge in [0, 0.05) is 33.0 Å². The van der Waals surface area contributed by atoms with Gasteiger partial charge in [-0.15, -0.1) is 0 Å². The molecule has 1 fully saturated rings. The van der Waals surface area contributed by atoms with E-state index in [0.717, 1.165) is 24.1 Å². The number of nitrogens with one attached hydrogen (secondary N) is 1. The molecule has 0 unspecified atom stereocenters. The minimum atomic E-state index is -4.04. The summed E-state index contributed by atoms with van der Waals surface area (Å²) in [7, 11) is -0.0184. The molecule has 0 bridgehead atoms. The van der Waals surface area contributed by atoms with Crippen LogP contribution in [0.4, 0.5) is 5.69 Å². The maximum atomic E-state index is 13.2. The van der Waals surface area contributed by atoms with E-state index >= 15 is 0 Å². The molecule has 34 heavy (non-hydrogen) atoms. The fourth-order valence-corrected chi connectivity index (χ4v) is 5.80. The molecule has 0 saturated carbocycles. The van der Waals surface area contributed by atoms with E-state index < -0.39 is 20.5 Å². The zero-order valence-corrected chi connectivity index (χ0v) is 20.4. The molecule has 0 aromatic heterocycles. The van der Waals surface area contributed by atoms with E-state index in [1.54, 1.807) is 12.1 Å². The molecule has 8 nitrogen and oxygen atoms in total. The summed E-state index contributed by atoms with van der Waals surface area (Å²) >= 11 is 0. The van der Waals surface area contributed by atoms with Crippen LogP contribution in [-0.4, -0.2) is 58.2 Å². The van der Waals surface area contributed by atoms with Gasteiger partial charge in [-0.1, -0.05) is 24.3 Å². The van der Waals surface area contributed by atoms with Gasteiger partial charge in [0.15, 0.2) is 14.6 Å². The molecule has 2 N–H and O–H groups in total. The predicted molar refractivity (Wildman–Crippen MR) is 131 cm³/mol. The van der Waals surface area contributed by atoms with Gasteiger partial charge >= 0.3 is 0 Å². The maximum absolute atomic E-state index is 13.2. The monoisotopic (exact) mass is 488 g/mol. The first kappa shape index (κ1) is 25.7. The molecule has 1 saturated heterocycles. The lowest BCUT2D eigenvalue weighted by Crippen LogP contribution is -2.54. The minimum absolute atomic E-state index is 0.00793. The molecule has 0 spiro atoms. The second kappa shape index (κ2) is 11.5. The smallest absolute Gasteiger partial charge is 0.265 e. The van der Waals surface area contributed by atoms with Crippen molar-refractivity contribution in [3.63, 3.8) is 0 Å². The number of amides is 1. The molecule has 3 rings (SSSR count). The van der Waals surface area contributed by atoms with Crippen molar-refractivity contribution in [3.8, 4) is 5.75 Å². The average Bonchev–Trinajstić information content (AvgIpc) is 2.86. The number of carbonyl (C=O) groups is 1. The summed E-state index contributed by atoms with van der Waals surface area (Å²) < 4.78 is 35.7. The number of allylic oxidation sites excluding steroid dienone is 1. The number of nitrogens with zero attached hydrogens (tertiary/aromatic N) is 1. The molecule has 0 aliphatic carbocycles. The zero-order valence-electron chi connectivity index (χ0n) is 19.6. The van der Waals surface area contributed by atoms with Crippen molar-refractivity contribution in [3.05, 3.63) is 60.2 Å². The molecule has 1 amide bonds. The van der Waals surface area contributed by atoms with Crippen LogP contribution < -0.4 is 15.1 Å². The van der Waals surface area contributed by atoms with Crippen molar-refractivity contribution in [2.75, 3.05) is 38.8 Å². The molecule has 1 heterocycles. The first-order valence-corrected chi connectivity index (χ1v) is 12.7. The molecular weight excluding hydrogens is 456 g/mol. The first-order chi connectivity index (χ1) is 16.3. The standard InChI is InChI=1S/C25H32N2O6S/c1-27(2)21-9-7-20(8-10-21)6-4-3-5-17-33-22-11-13-23(14-12-22)34(30,31)25(24(28)26-29)15-18-32-19-16-25/h4,6-14,29H,3,5,15-19H2,1-2H3,(H,26,28)/b6-4+. The van der Waals surface area contributed by atoms with E-state index in [1.165, 1.54) is 17.6 Å². The Labute approximate surface area is 201 Å². The fraction of sp³-hybridized carbons (Fsp3) is 0.400. The van der Waals surface area contributed by atoms with Gasteiger partial charge in [0.1, 0.15) is 5.75 Å². The molecule has 0 atom stereocenters. The van der Waals surface area contributed by atoms with Gasteiger partial charge < -0.3 is 14.4 Å². The van der Waals surface area contributed by atoms with E-state index in [-0.39, 0.29) is 31.0 Å². The molecule has 1 aliphatic rings. The van der Waals surface area contributed by atoms with Gasteiger partial charge in [0.25, 0.3) is 5.91 Å². The highest BCUT2D eigenvalue weighted by Gasteiger charge is 2.52. The van der Waals surface area contributed by atoms with Crippen LogP contribution in [0.1, 0.15) is 31.2 Å². The second-order valence-electron chi connectivity index (χ2n) is 8.40. The lowest BCUT2D eigenvalue weighted by atomic mass is 9.98. The number of benzene rings is 2. The molecule has 9 heteroatoms. The number of hydrogen-bond acceptors (Lipinski definition) is 7. The number of sulfone groups is 1. The SMILES string of the molecule is CN(C)c1ccc(/C=C/CCCOc2ccc(S(=O)(=O)C3(C(=O)NO)CCOCC3)cc2)cc1. The van der Waals surface area contributed by atoms with Crippen molar-refractivity contribution in [2.24, 2.45) is 0 Å². The molecular formula is C25H32N2O6S. The van der Waals surface area contributed by atoms with Crippen LogP contribution in [0, 0.1) is 0 Å². The van der Waals surface area contributed by atoms with Crippen LogP contribution in [-0.2, 0) is 19.4 Å². The van der Waals surface area contributed by atoms with Crippen molar-refractivity contribution in [1.29, 1.82) is 0 Å². The highest BCUT2D eigenvalue weighted by molar-refractivity contribution is 7.93. The van der Waals surface area contributed by atoms with Crippen molar-refractivity contribution < 1.29 is 27.9 Å². The summed E-state index contributed by atoms with van der Waals surface area (Å²) in [6.07, 6.45) is 5.80. The van der Waals surface area contributed by atoms with Crippen molar-refractivity contribution in [1.82, 2.24) is 5.48 Å². The number of rotatable bonds is 10. The Kier molecular flexibility index (Phi) is 8.71. The van der Waals surface area contributed by atoms with Gasteiger partial charge in [-0.2, -0.15) is 0 Å². The fourth-order valence-electron chi connectivity index (χ4n) is 3.86. The number of ether oxygens (including phenoxy) is 2. The van der Waals surface area contributed by atoms with Gasteiger partial charge in [-0.3, -0.25) is 10.0 Å². The van der Waals surface area contributed by atoms with Crippen LogP contribution in [0.25, 0.3) is 6.08 Å². The third kappa shape index (κ3) is 5.78. The molecule has 2 aromatic rings. The summed E-state index contributed by atoms with van der Waals surface area (Å²) in [4.78, 5) is 14.4. The summed E-state index contributed by atoms with van der Waals surface area (Å²) in [5.41, 5.74) is 3.81. The minimum Gasteiger partial charge on any atom is -0.494 e. The largest absolute Gasteiger partial charge is 0.494 e. The predicted octanol–water partition coefficient (Wildman–Crippen LogP) is 3.45. The Bertz CT molecular complexity index is 1070. The van der Waals surface area contributed by atoms with E-state index in [2.05, 4.69) is 41.3 Å². The number of carbonyl (C=O) groups excluding carboxylic acids is 1. The van der Waals surface area contributed by atoms with Crippen LogP contribution in [0.5, 0.6) is 5.75 Å². The Balaban J connectivity index is 1.53. The quantitative estimate of drug-likeness (QED) is 0.300. The van der Waals surface area contributed by atoms with Crippen molar-refractivity contribution in [2.45, 2.75) is 35.3 Å². The van der Waals surface area contributed by atoms with Crippen molar-refractivity contribution >= 4 is 27.5 Å². The van der Waals surface area contributed by atoms with Gasteiger partial charge in [-0.25, -0.2) is 13.9 Å². The summed E-state index contributed by atoms with van der Waals surface area (Å²) in [5.74, 6) is -0.382. The topological polar surface area (TPSA) is 105 Å². The molecule has 184 valence electrons. The van der Waals surface area contributed by atoms with Gasteiger partial charge in [-0.05, 0) is 67.6 Å². The van der Waals surface area contributed by atoms with E-state index in [1.807, 2.05) is 14.1 Å². The van der Waals surface area contributed by atoms with Crippen LogP contribution in [0.3, 0.4) is 0 Å². The van der Waals surface area contributed by atoms with Crippen LogP contribution in [0.15, 0.2) is 59.5 Å². The number of hydrogen-bond donors (Lipinski definition) is 2. The normalized spacial score (nSPS) is 15.7. The van der Waals surface area contributed by atoms with Gasteiger partial charge in [0.2, 0.25) is 0 Å². The maximum Gasteiger partial charge on any atom is 0.265 e. The molecule has 2 aromatic carbocycles. The van der Waals surface area contributed by atoms with E-state index in [0.29, 0.717) is 12.4 Å². The van der Waals surface area contributed by atoms with E-state index in [4.69, 9.17) is 14.7 Å². The van der Waals surface area contributed by atoms with Crippen LogP contribution in [0.2, 0.25) is 0 Å². The Morgan fingerprint density at radius 3 is 2.35 bits per heavy atom. The Morgan fingerprint density at radius 1 is 1.12 bits per heavy atom. The Morgan fingerprint density at radius 2 is 1.76 bits per heavy atom. The average molecular weight is 489 g/mol.